The first-order valence-electron chi connectivity index (χ1n) is 5.53. The third-order valence-corrected chi connectivity index (χ3v) is 1.84. The largest absolute Gasteiger partial charge is 0.356 e. The van der Waals surface area contributed by atoms with E-state index in [-0.39, 0.29) is 5.91 Å². The highest BCUT2D eigenvalue weighted by Gasteiger charge is 2.00. The summed E-state index contributed by atoms with van der Waals surface area (Å²) in [5.41, 5.74) is 0. The van der Waals surface area contributed by atoms with Gasteiger partial charge in [-0.2, -0.15) is 0 Å². The van der Waals surface area contributed by atoms with Gasteiger partial charge in [0.15, 0.2) is 0 Å². The van der Waals surface area contributed by atoms with Crippen LogP contribution in [0.4, 0.5) is 0 Å². The number of hydrogen-bond donors (Lipinski definition) is 2. The Balaban J connectivity index is 3.26. The highest BCUT2D eigenvalue weighted by Crippen LogP contribution is 1.87. The first kappa shape index (κ1) is 14.0. The summed E-state index contributed by atoms with van der Waals surface area (Å²) < 4.78 is 0. The van der Waals surface area contributed by atoms with E-state index in [1.54, 1.807) is 0 Å². The molecule has 0 bridgehead atoms. The lowest BCUT2D eigenvalue weighted by Gasteiger charge is -2.07. The van der Waals surface area contributed by atoms with Gasteiger partial charge in [0.25, 0.3) is 0 Å². The van der Waals surface area contributed by atoms with Crippen molar-refractivity contribution in [2.45, 2.75) is 33.6 Å². The summed E-state index contributed by atoms with van der Waals surface area (Å²) in [5.74, 6) is 6.43. The van der Waals surface area contributed by atoms with E-state index in [1.165, 1.54) is 0 Å². The molecule has 1 amide bonds. The van der Waals surface area contributed by atoms with Gasteiger partial charge in [0.05, 0.1) is 0 Å². The molecule has 0 aromatic rings. The van der Waals surface area contributed by atoms with Crippen molar-refractivity contribution >= 4 is 5.91 Å². The second-order valence-electron chi connectivity index (χ2n) is 3.87. The van der Waals surface area contributed by atoms with E-state index in [1.807, 2.05) is 6.92 Å². The number of amides is 1. The van der Waals surface area contributed by atoms with E-state index >= 15 is 0 Å². The van der Waals surface area contributed by atoms with Crippen LogP contribution in [0, 0.1) is 17.8 Å². The molecule has 0 rings (SSSR count). The van der Waals surface area contributed by atoms with E-state index in [0.717, 1.165) is 26.1 Å². The summed E-state index contributed by atoms with van der Waals surface area (Å²) in [5, 5.41) is 6.05. The standard InChI is InChI=1S/C12H22N2O/c1-4-5-6-8-13-9-7-12(15)14-10-11(2)3/h11,13H,6-10H2,1-3H3,(H,14,15). The minimum Gasteiger partial charge on any atom is -0.356 e. The van der Waals surface area contributed by atoms with Crippen LogP contribution in [0.5, 0.6) is 0 Å². The van der Waals surface area contributed by atoms with Crippen LogP contribution in [0.25, 0.3) is 0 Å². The average Bonchev–Trinajstić information content (AvgIpc) is 2.20. The van der Waals surface area contributed by atoms with Crippen LogP contribution in [-0.2, 0) is 4.79 Å². The Morgan fingerprint density at radius 3 is 2.67 bits per heavy atom. The maximum Gasteiger partial charge on any atom is 0.221 e. The summed E-state index contributed by atoms with van der Waals surface area (Å²) in [4.78, 5) is 11.3. The molecule has 0 aliphatic carbocycles. The van der Waals surface area contributed by atoms with Crippen molar-refractivity contribution in [3.8, 4) is 11.8 Å². The Hall–Kier alpha value is -1.01. The first-order chi connectivity index (χ1) is 7.16. The Labute approximate surface area is 93.0 Å². The molecule has 2 N–H and O–H groups in total. The molecular formula is C12H22N2O. The molecule has 0 spiro atoms. The molecule has 0 unspecified atom stereocenters. The van der Waals surface area contributed by atoms with Crippen molar-refractivity contribution in [1.82, 2.24) is 10.6 Å². The van der Waals surface area contributed by atoms with Crippen molar-refractivity contribution in [3.05, 3.63) is 0 Å². The molecule has 0 aromatic heterocycles. The van der Waals surface area contributed by atoms with E-state index < -0.39 is 0 Å². The van der Waals surface area contributed by atoms with Crippen molar-refractivity contribution in [2.75, 3.05) is 19.6 Å². The fourth-order valence-electron chi connectivity index (χ4n) is 1.01. The highest BCUT2D eigenvalue weighted by atomic mass is 16.1. The zero-order valence-corrected chi connectivity index (χ0v) is 10.0. The molecule has 0 aromatic carbocycles. The highest BCUT2D eigenvalue weighted by molar-refractivity contribution is 5.76. The van der Waals surface area contributed by atoms with Crippen LogP contribution < -0.4 is 10.6 Å². The van der Waals surface area contributed by atoms with Gasteiger partial charge in [0, 0.05) is 32.5 Å². The lowest BCUT2D eigenvalue weighted by atomic mass is 10.2. The molecular weight excluding hydrogens is 188 g/mol. The van der Waals surface area contributed by atoms with E-state index in [9.17, 15) is 4.79 Å². The van der Waals surface area contributed by atoms with Gasteiger partial charge < -0.3 is 10.6 Å². The lowest BCUT2D eigenvalue weighted by Crippen LogP contribution is -2.30. The molecule has 3 nitrogen and oxygen atoms in total. The van der Waals surface area contributed by atoms with E-state index in [0.29, 0.717) is 12.3 Å². The fourth-order valence-corrected chi connectivity index (χ4v) is 1.01. The lowest BCUT2D eigenvalue weighted by molar-refractivity contribution is -0.121. The Morgan fingerprint density at radius 1 is 1.33 bits per heavy atom. The third-order valence-electron chi connectivity index (χ3n) is 1.84. The Bertz CT molecular complexity index is 226. The van der Waals surface area contributed by atoms with Crippen molar-refractivity contribution in [2.24, 2.45) is 5.92 Å². The molecule has 0 atom stereocenters. The predicted molar refractivity (Wildman–Crippen MR) is 63.4 cm³/mol. The van der Waals surface area contributed by atoms with Gasteiger partial charge in [0.2, 0.25) is 5.91 Å². The quantitative estimate of drug-likeness (QED) is 0.489. The molecule has 0 fully saturated rings. The van der Waals surface area contributed by atoms with Gasteiger partial charge in [-0.25, -0.2) is 0 Å². The van der Waals surface area contributed by atoms with Crippen LogP contribution in [-0.4, -0.2) is 25.5 Å². The molecule has 0 saturated carbocycles. The maximum atomic E-state index is 11.3. The van der Waals surface area contributed by atoms with Crippen LogP contribution in [0.15, 0.2) is 0 Å². The second kappa shape index (κ2) is 9.54. The van der Waals surface area contributed by atoms with Crippen LogP contribution in [0.1, 0.15) is 33.6 Å². The molecule has 86 valence electrons. The number of rotatable bonds is 7. The summed E-state index contributed by atoms with van der Waals surface area (Å²) >= 11 is 0. The van der Waals surface area contributed by atoms with Crippen molar-refractivity contribution in [3.63, 3.8) is 0 Å². The average molecular weight is 210 g/mol. The van der Waals surface area contributed by atoms with Crippen LogP contribution in [0.2, 0.25) is 0 Å². The molecule has 0 aliphatic rings. The normalized spacial score (nSPS) is 9.60. The van der Waals surface area contributed by atoms with Gasteiger partial charge in [-0.05, 0) is 12.8 Å². The minimum absolute atomic E-state index is 0.123. The van der Waals surface area contributed by atoms with Gasteiger partial charge in [-0.3, -0.25) is 4.79 Å². The van der Waals surface area contributed by atoms with Crippen LogP contribution in [0.3, 0.4) is 0 Å². The smallest absolute Gasteiger partial charge is 0.221 e. The predicted octanol–water partition coefficient (Wildman–Crippen LogP) is 1.15. The number of nitrogens with one attached hydrogen (secondary N) is 2. The van der Waals surface area contributed by atoms with Crippen molar-refractivity contribution in [1.29, 1.82) is 0 Å². The minimum atomic E-state index is 0.123. The second-order valence-corrected chi connectivity index (χ2v) is 3.87. The fraction of sp³-hybridized carbons (Fsp3) is 0.750. The molecule has 0 radical (unpaired) electrons. The summed E-state index contributed by atoms with van der Waals surface area (Å²) in [6.07, 6.45) is 1.40. The topological polar surface area (TPSA) is 41.1 Å². The molecule has 3 heteroatoms. The maximum absolute atomic E-state index is 11.3. The summed E-state index contributed by atoms with van der Waals surface area (Å²) in [6, 6.07) is 0. The zero-order valence-electron chi connectivity index (χ0n) is 10.0. The monoisotopic (exact) mass is 210 g/mol. The molecule has 0 heterocycles. The number of carbonyl (C=O) groups excluding carboxylic acids is 1. The van der Waals surface area contributed by atoms with Gasteiger partial charge in [-0.15, -0.1) is 11.8 Å². The van der Waals surface area contributed by atoms with Crippen LogP contribution >= 0.6 is 0 Å². The molecule has 0 saturated heterocycles. The van der Waals surface area contributed by atoms with Crippen molar-refractivity contribution < 1.29 is 4.79 Å². The Morgan fingerprint density at radius 2 is 2.07 bits per heavy atom. The number of carbonyl (C=O) groups is 1. The first-order valence-corrected chi connectivity index (χ1v) is 5.53. The number of hydrogen-bond acceptors (Lipinski definition) is 2. The van der Waals surface area contributed by atoms with E-state index in [2.05, 4.69) is 36.3 Å². The summed E-state index contributed by atoms with van der Waals surface area (Å²) in [6.45, 7) is 8.36. The molecule has 15 heavy (non-hydrogen) atoms. The molecule has 0 aliphatic heterocycles. The zero-order chi connectivity index (χ0) is 11.5. The SMILES string of the molecule is CC#CCCNCCC(=O)NCC(C)C. The Kier molecular flexibility index (Phi) is 8.90. The summed E-state index contributed by atoms with van der Waals surface area (Å²) in [7, 11) is 0. The van der Waals surface area contributed by atoms with Gasteiger partial charge in [-0.1, -0.05) is 13.8 Å². The third kappa shape index (κ3) is 10.9. The van der Waals surface area contributed by atoms with E-state index in [4.69, 9.17) is 0 Å². The van der Waals surface area contributed by atoms with Gasteiger partial charge in [0.1, 0.15) is 0 Å². The van der Waals surface area contributed by atoms with Gasteiger partial charge >= 0.3 is 0 Å².